The number of ketones is 1. The first kappa shape index (κ1) is 11.1. The van der Waals surface area contributed by atoms with Gasteiger partial charge in [0.05, 0.1) is 12.6 Å². The molecule has 1 heterocycles. The zero-order valence-electron chi connectivity index (χ0n) is 8.52. The maximum Gasteiger partial charge on any atom is 0.144 e. The van der Waals surface area contributed by atoms with Crippen molar-refractivity contribution < 1.29 is 9.32 Å². The number of benzene rings is 1. The highest BCUT2D eigenvalue weighted by Crippen LogP contribution is 2.11. The largest absolute Gasteiger partial charge is 0.361 e. The molecule has 0 saturated heterocycles. The SMILES string of the molecule is O=C(Cc1ccc(Br)cc1)Cc1ccno1. The van der Waals surface area contributed by atoms with Crippen molar-refractivity contribution in [2.24, 2.45) is 0 Å². The van der Waals surface area contributed by atoms with Crippen LogP contribution >= 0.6 is 15.9 Å². The van der Waals surface area contributed by atoms with Gasteiger partial charge in [-0.2, -0.15) is 0 Å². The van der Waals surface area contributed by atoms with Crippen molar-refractivity contribution in [1.29, 1.82) is 0 Å². The minimum absolute atomic E-state index is 0.124. The van der Waals surface area contributed by atoms with Crippen LogP contribution in [0.2, 0.25) is 0 Å². The molecule has 0 unspecified atom stereocenters. The molecule has 0 N–H and O–H groups in total. The number of halogens is 1. The van der Waals surface area contributed by atoms with Crippen LogP contribution in [0.1, 0.15) is 11.3 Å². The van der Waals surface area contributed by atoms with E-state index in [-0.39, 0.29) is 5.78 Å². The Morgan fingerprint density at radius 3 is 2.56 bits per heavy atom. The summed E-state index contributed by atoms with van der Waals surface area (Å²) in [4.78, 5) is 11.7. The van der Waals surface area contributed by atoms with Crippen LogP contribution in [0.25, 0.3) is 0 Å². The van der Waals surface area contributed by atoms with E-state index in [4.69, 9.17) is 4.52 Å². The van der Waals surface area contributed by atoms with E-state index in [1.807, 2.05) is 24.3 Å². The molecule has 2 rings (SSSR count). The Balaban J connectivity index is 1.95. The Morgan fingerprint density at radius 2 is 1.94 bits per heavy atom. The summed E-state index contributed by atoms with van der Waals surface area (Å²) in [6.07, 6.45) is 2.27. The molecule has 0 saturated carbocycles. The molecule has 0 aliphatic carbocycles. The van der Waals surface area contributed by atoms with Crippen LogP contribution in [0.4, 0.5) is 0 Å². The quantitative estimate of drug-likeness (QED) is 0.864. The highest BCUT2D eigenvalue weighted by atomic mass is 79.9. The van der Waals surface area contributed by atoms with Gasteiger partial charge in [0.25, 0.3) is 0 Å². The van der Waals surface area contributed by atoms with Gasteiger partial charge in [-0.25, -0.2) is 0 Å². The third-order valence-electron chi connectivity index (χ3n) is 2.18. The summed E-state index contributed by atoms with van der Waals surface area (Å²) in [5.41, 5.74) is 1.01. The van der Waals surface area contributed by atoms with Gasteiger partial charge in [0.2, 0.25) is 0 Å². The van der Waals surface area contributed by atoms with Crippen molar-refractivity contribution in [1.82, 2.24) is 5.16 Å². The van der Waals surface area contributed by atoms with E-state index in [2.05, 4.69) is 21.1 Å². The van der Waals surface area contributed by atoms with Gasteiger partial charge < -0.3 is 4.52 Å². The molecule has 0 bridgehead atoms. The summed E-state index contributed by atoms with van der Waals surface area (Å²) in [7, 11) is 0. The van der Waals surface area contributed by atoms with Gasteiger partial charge in [-0.3, -0.25) is 4.79 Å². The molecule has 0 fully saturated rings. The molecular weight excluding hydrogens is 270 g/mol. The van der Waals surface area contributed by atoms with Crippen molar-refractivity contribution in [3.63, 3.8) is 0 Å². The van der Waals surface area contributed by atoms with Crippen LogP contribution < -0.4 is 0 Å². The molecule has 0 spiro atoms. The molecule has 0 amide bonds. The summed E-state index contributed by atoms with van der Waals surface area (Å²) >= 11 is 3.35. The maximum absolute atomic E-state index is 11.7. The minimum Gasteiger partial charge on any atom is -0.361 e. The lowest BCUT2D eigenvalue weighted by molar-refractivity contribution is -0.118. The van der Waals surface area contributed by atoms with Crippen molar-refractivity contribution in [2.75, 3.05) is 0 Å². The van der Waals surface area contributed by atoms with Gasteiger partial charge in [-0.15, -0.1) is 0 Å². The molecule has 0 aliphatic heterocycles. The summed E-state index contributed by atoms with van der Waals surface area (Å²) < 4.78 is 5.90. The molecule has 0 aliphatic rings. The van der Waals surface area contributed by atoms with E-state index in [1.165, 1.54) is 0 Å². The van der Waals surface area contributed by atoms with Gasteiger partial charge in [0.1, 0.15) is 11.5 Å². The average Bonchev–Trinajstić information content (AvgIpc) is 2.74. The van der Waals surface area contributed by atoms with E-state index in [0.29, 0.717) is 18.6 Å². The lowest BCUT2D eigenvalue weighted by Gasteiger charge is -1.99. The zero-order chi connectivity index (χ0) is 11.4. The van der Waals surface area contributed by atoms with Gasteiger partial charge >= 0.3 is 0 Å². The monoisotopic (exact) mass is 279 g/mol. The number of rotatable bonds is 4. The Hall–Kier alpha value is -1.42. The first-order valence-electron chi connectivity index (χ1n) is 4.90. The Bertz CT molecular complexity index is 462. The molecule has 1 aromatic carbocycles. The van der Waals surface area contributed by atoms with Crippen LogP contribution in [-0.2, 0) is 17.6 Å². The second-order valence-electron chi connectivity index (χ2n) is 3.50. The van der Waals surface area contributed by atoms with Gasteiger partial charge in [0.15, 0.2) is 0 Å². The first-order valence-corrected chi connectivity index (χ1v) is 5.69. The number of carbonyl (C=O) groups excluding carboxylic acids is 1. The normalized spacial score (nSPS) is 10.3. The Kier molecular flexibility index (Phi) is 3.51. The summed E-state index contributed by atoms with van der Waals surface area (Å²) in [5, 5.41) is 3.56. The fourth-order valence-electron chi connectivity index (χ4n) is 1.42. The molecule has 0 radical (unpaired) electrons. The number of nitrogens with zero attached hydrogens (tertiary/aromatic N) is 1. The second-order valence-corrected chi connectivity index (χ2v) is 4.41. The van der Waals surface area contributed by atoms with Crippen molar-refractivity contribution >= 4 is 21.7 Å². The summed E-state index contributed by atoms with van der Waals surface area (Å²) in [6, 6.07) is 9.43. The molecule has 4 heteroatoms. The van der Waals surface area contributed by atoms with Gasteiger partial charge in [-0.1, -0.05) is 33.2 Å². The van der Waals surface area contributed by atoms with E-state index in [1.54, 1.807) is 12.3 Å². The highest BCUT2D eigenvalue weighted by molar-refractivity contribution is 9.10. The summed E-state index contributed by atoms with van der Waals surface area (Å²) in [6.45, 7) is 0. The van der Waals surface area contributed by atoms with E-state index < -0.39 is 0 Å². The molecule has 16 heavy (non-hydrogen) atoms. The predicted octanol–water partition coefficient (Wildman–Crippen LogP) is 2.79. The predicted molar refractivity (Wildman–Crippen MR) is 63.1 cm³/mol. The molecule has 0 atom stereocenters. The smallest absolute Gasteiger partial charge is 0.144 e. The van der Waals surface area contributed by atoms with Crippen molar-refractivity contribution in [3.8, 4) is 0 Å². The molecule has 82 valence electrons. The second kappa shape index (κ2) is 5.07. The van der Waals surface area contributed by atoms with Crippen LogP contribution in [0, 0.1) is 0 Å². The highest BCUT2D eigenvalue weighted by Gasteiger charge is 2.07. The Morgan fingerprint density at radius 1 is 1.19 bits per heavy atom. The van der Waals surface area contributed by atoms with Crippen LogP contribution in [0.15, 0.2) is 45.5 Å². The van der Waals surface area contributed by atoms with Gasteiger partial charge in [-0.05, 0) is 17.7 Å². The topological polar surface area (TPSA) is 43.1 Å². The zero-order valence-corrected chi connectivity index (χ0v) is 10.1. The Labute approximate surface area is 102 Å². The maximum atomic E-state index is 11.7. The number of hydrogen-bond donors (Lipinski definition) is 0. The molecule has 2 aromatic rings. The average molecular weight is 280 g/mol. The lowest BCUT2D eigenvalue weighted by Crippen LogP contribution is -2.05. The minimum atomic E-state index is 0.124. The first-order chi connectivity index (χ1) is 7.74. The van der Waals surface area contributed by atoms with Crippen molar-refractivity contribution in [3.05, 3.63) is 52.3 Å². The lowest BCUT2D eigenvalue weighted by atomic mass is 10.1. The molecular formula is C12H10BrNO2. The number of aromatic nitrogens is 1. The van der Waals surface area contributed by atoms with Gasteiger partial charge in [0, 0.05) is 17.0 Å². The van der Waals surface area contributed by atoms with E-state index in [9.17, 15) is 4.79 Å². The number of Topliss-reactive ketones (excluding diaryl/α,β-unsaturated/α-hetero) is 1. The van der Waals surface area contributed by atoms with E-state index in [0.717, 1.165) is 10.0 Å². The fourth-order valence-corrected chi connectivity index (χ4v) is 1.68. The third kappa shape index (κ3) is 3.03. The standard InChI is InChI=1S/C12H10BrNO2/c13-10-3-1-9(2-4-10)7-11(15)8-12-5-6-14-16-12/h1-6H,7-8H2. The number of hydrogen-bond acceptors (Lipinski definition) is 3. The van der Waals surface area contributed by atoms with Crippen LogP contribution in [0.3, 0.4) is 0 Å². The third-order valence-corrected chi connectivity index (χ3v) is 2.71. The molecule has 3 nitrogen and oxygen atoms in total. The van der Waals surface area contributed by atoms with Crippen LogP contribution in [-0.4, -0.2) is 10.9 Å². The van der Waals surface area contributed by atoms with Crippen LogP contribution in [0.5, 0.6) is 0 Å². The van der Waals surface area contributed by atoms with E-state index >= 15 is 0 Å². The number of carbonyl (C=O) groups is 1. The summed E-state index contributed by atoms with van der Waals surface area (Å²) in [5.74, 6) is 0.737. The molecule has 1 aromatic heterocycles. The van der Waals surface area contributed by atoms with Crippen molar-refractivity contribution in [2.45, 2.75) is 12.8 Å². The fraction of sp³-hybridized carbons (Fsp3) is 0.167.